The van der Waals surface area contributed by atoms with Gasteiger partial charge in [-0.3, -0.25) is 14.6 Å². The van der Waals surface area contributed by atoms with Crippen LogP contribution in [-0.4, -0.2) is 89.8 Å². The predicted octanol–water partition coefficient (Wildman–Crippen LogP) is 2.86. The lowest BCUT2D eigenvalue weighted by atomic mass is 9.91. The van der Waals surface area contributed by atoms with Gasteiger partial charge in [0, 0.05) is 50.9 Å². The first-order chi connectivity index (χ1) is 15.1. The molecule has 4 aliphatic rings. The molecule has 172 valence electrons. The van der Waals surface area contributed by atoms with Crippen molar-refractivity contribution in [3.8, 4) is 5.75 Å². The van der Waals surface area contributed by atoms with E-state index in [0.717, 1.165) is 77.2 Å². The maximum atomic E-state index is 13.1. The van der Waals surface area contributed by atoms with Gasteiger partial charge in [-0.05, 0) is 57.2 Å². The number of carbonyl (C=O) groups is 1. The van der Waals surface area contributed by atoms with Crippen molar-refractivity contribution < 1.29 is 19.0 Å². The second-order valence-electron chi connectivity index (χ2n) is 9.19. The first kappa shape index (κ1) is 22.5. The Morgan fingerprint density at radius 3 is 2.48 bits per heavy atom. The topological polar surface area (TPSA) is 56.2 Å². The highest BCUT2D eigenvalue weighted by molar-refractivity contribution is 5.82. The summed E-state index contributed by atoms with van der Waals surface area (Å²) in [6.45, 7) is 6.90. The Morgan fingerprint density at radius 1 is 0.968 bits per heavy atom. The van der Waals surface area contributed by atoms with Crippen LogP contribution in [0.4, 0.5) is 4.39 Å². The van der Waals surface area contributed by atoms with Crippen molar-refractivity contribution >= 4 is 5.91 Å². The van der Waals surface area contributed by atoms with Crippen molar-refractivity contribution in [1.29, 1.82) is 0 Å². The number of hydrogen-bond donors (Lipinski definition) is 1. The highest BCUT2D eigenvalue weighted by atomic mass is 19.1. The summed E-state index contributed by atoms with van der Waals surface area (Å²) >= 11 is 0. The fourth-order valence-electron chi connectivity index (χ4n) is 5.24. The van der Waals surface area contributed by atoms with Crippen LogP contribution in [-0.2, 0) is 9.53 Å². The van der Waals surface area contributed by atoms with E-state index >= 15 is 0 Å². The number of benzene rings is 1. The highest BCUT2D eigenvalue weighted by Gasteiger charge is 2.39. The second kappa shape index (κ2) is 10.7. The summed E-state index contributed by atoms with van der Waals surface area (Å²) in [6.07, 6.45) is 8.57. The molecule has 1 aromatic rings. The van der Waals surface area contributed by atoms with Crippen molar-refractivity contribution in [2.75, 3.05) is 45.9 Å². The summed E-state index contributed by atoms with van der Waals surface area (Å²) in [6, 6.07) is 6.61. The van der Waals surface area contributed by atoms with Gasteiger partial charge in [0.15, 0.2) is 0 Å². The number of ether oxygens (including phenoxy) is 1. The summed E-state index contributed by atoms with van der Waals surface area (Å²) in [4.78, 5) is 20.4. The Hall–Kier alpha value is -1.70. The Labute approximate surface area is 184 Å². The van der Waals surface area contributed by atoms with Gasteiger partial charge >= 0.3 is 0 Å². The molecule has 0 spiro atoms. The van der Waals surface area contributed by atoms with Gasteiger partial charge in [0.25, 0.3) is 0 Å². The minimum Gasteiger partial charge on any atom is -0.508 e. The zero-order chi connectivity index (χ0) is 21.6. The molecule has 1 aliphatic carbocycles. The highest BCUT2D eigenvalue weighted by Crippen LogP contribution is 2.28. The third-order valence-corrected chi connectivity index (χ3v) is 7.20. The number of likely N-dealkylation sites (tertiary alicyclic amines) is 1. The molecule has 4 fully saturated rings. The average molecular weight is 434 g/mol. The standard InChI is InChI=1S/C18H31N3O2.C6H5FO/c22-18(17-6-2-10-21(17)16-7-13-23-14-16)20-9-3-8-19(11-12-20)15-4-1-5-15;7-5-2-1-3-6(8)4-5/h15-17H,1-14H2;1-4,8H/t16?,17-;/m1./s1. The van der Waals surface area contributed by atoms with Crippen LogP contribution in [0.15, 0.2) is 24.3 Å². The van der Waals surface area contributed by atoms with Crippen LogP contribution in [0.5, 0.6) is 5.75 Å². The number of rotatable bonds is 3. The first-order valence-electron chi connectivity index (χ1n) is 11.9. The van der Waals surface area contributed by atoms with Gasteiger partial charge in [0.1, 0.15) is 11.6 Å². The molecule has 31 heavy (non-hydrogen) atoms. The number of aromatic hydroxyl groups is 1. The first-order valence-corrected chi connectivity index (χ1v) is 11.9. The number of nitrogens with zero attached hydrogens (tertiary/aromatic N) is 3. The van der Waals surface area contributed by atoms with E-state index in [1.807, 2.05) is 0 Å². The fraction of sp³-hybridized carbons (Fsp3) is 0.708. The Kier molecular flexibility index (Phi) is 7.80. The Balaban J connectivity index is 0.000000245. The van der Waals surface area contributed by atoms with Gasteiger partial charge in [-0.15, -0.1) is 0 Å². The molecule has 1 amide bonds. The van der Waals surface area contributed by atoms with Gasteiger partial charge in [-0.2, -0.15) is 0 Å². The normalized spacial score (nSPS) is 28.0. The van der Waals surface area contributed by atoms with Crippen molar-refractivity contribution in [3.05, 3.63) is 30.1 Å². The molecule has 0 aromatic heterocycles. The second-order valence-corrected chi connectivity index (χ2v) is 9.19. The molecule has 3 aliphatic heterocycles. The van der Waals surface area contributed by atoms with Crippen molar-refractivity contribution in [2.24, 2.45) is 0 Å². The summed E-state index contributed by atoms with van der Waals surface area (Å²) in [5, 5.41) is 8.57. The number of amides is 1. The number of carbonyl (C=O) groups excluding carboxylic acids is 1. The summed E-state index contributed by atoms with van der Waals surface area (Å²) < 4.78 is 17.6. The summed E-state index contributed by atoms with van der Waals surface area (Å²) in [5.41, 5.74) is 0. The van der Waals surface area contributed by atoms with Gasteiger partial charge < -0.3 is 14.7 Å². The van der Waals surface area contributed by atoms with Crippen LogP contribution in [0.2, 0.25) is 0 Å². The molecule has 1 N–H and O–H groups in total. The maximum absolute atomic E-state index is 13.1. The molecular weight excluding hydrogens is 397 g/mol. The van der Waals surface area contributed by atoms with Crippen molar-refractivity contribution in [3.63, 3.8) is 0 Å². The Morgan fingerprint density at radius 2 is 1.84 bits per heavy atom. The largest absolute Gasteiger partial charge is 0.508 e. The van der Waals surface area contributed by atoms with E-state index in [1.54, 1.807) is 0 Å². The number of hydrogen-bond acceptors (Lipinski definition) is 5. The van der Waals surface area contributed by atoms with Crippen LogP contribution in [0.1, 0.15) is 44.9 Å². The molecular formula is C24H36FN3O3. The van der Waals surface area contributed by atoms with E-state index in [-0.39, 0.29) is 11.8 Å². The minimum atomic E-state index is -0.412. The zero-order valence-corrected chi connectivity index (χ0v) is 18.4. The average Bonchev–Trinajstić information content (AvgIpc) is 3.35. The third kappa shape index (κ3) is 5.76. The van der Waals surface area contributed by atoms with Crippen molar-refractivity contribution in [2.45, 2.75) is 63.1 Å². The smallest absolute Gasteiger partial charge is 0.239 e. The van der Waals surface area contributed by atoms with Crippen LogP contribution in [0, 0.1) is 5.82 Å². The summed E-state index contributed by atoms with van der Waals surface area (Å²) in [7, 11) is 0. The zero-order valence-electron chi connectivity index (χ0n) is 18.4. The van der Waals surface area contributed by atoms with Crippen LogP contribution in [0.3, 0.4) is 0 Å². The van der Waals surface area contributed by atoms with E-state index in [0.29, 0.717) is 11.9 Å². The number of phenolic OH excluding ortho intramolecular Hbond substituents is 1. The summed E-state index contributed by atoms with van der Waals surface area (Å²) in [5.74, 6) is -0.0557. The molecule has 2 atom stereocenters. The van der Waals surface area contributed by atoms with Crippen LogP contribution < -0.4 is 0 Å². The number of phenols is 1. The monoisotopic (exact) mass is 433 g/mol. The SMILES string of the molecule is O=C([C@H]1CCCN1C1CCOC1)N1CCCN(C2CCC2)CC1.Oc1cccc(F)c1. The molecule has 3 heterocycles. The minimum absolute atomic E-state index is 0.0370. The molecule has 6 nitrogen and oxygen atoms in total. The van der Waals surface area contributed by atoms with E-state index in [4.69, 9.17) is 9.84 Å². The molecule has 0 bridgehead atoms. The molecule has 7 heteroatoms. The lowest BCUT2D eigenvalue weighted by Gasteiger charge is -2.37. The maximum Gasteiger partial charge on any atom is 0.239 e. The number of halogens is 1. The van der Waals surface area contributed by atoms with Gasteiger partial charge in [-0.25, -0.2) is 4.39 Å². The van der Waals surface area contributed by atoms with Crippen molar-refractivity contribution in [1.82, 2.24) is 14.7 Å². The fourth-order valence-corrected chi connectivity index (χ4v) is 5.24. The van der Waals surface area contributed by atoms with Gasteiger partial charge in [0.05, 0.1) is 12.6 Å². The molecule has 1 saturated carbocycles. The molecule has 1 aromatic carbocycles. The Bertz CT molecular complexity index is 707. The van der Waals surface area contributed by atoms with Gasteiger partial charge in [-0.1, -0.05) is 12.5 Å². The quantitative estimate of drug-likeness (QED) is 0.795. The lowest BCUT2D eigenvalue weighted by molar-refractivity contribution is -0.136. The predicted molar refractivity (Wildman–Crippen MR) is 117 cm³/mol. The molecule has 1 unspecified atom stereocenters. The van der Waals surface area contributed by atoms with Crippen LogP contribution in [0.25, 0.3) is 0 Å². The molecule has 0 radical (unpaired) electrons. The van der Waals surface area contributed by atoms with E-state index in [1.165, 1.54) is 44.0 Å². The molecule has 5 rings (SSSR count). The van der Waals surface area contributed by atoms with E-state index in [2.05, 4.69) is 14.7 Å². The lowest BCUT2D eigenvalue weighted by Crippen LogP contribution is -2.50. The molecule has 3 saturated heterocycles. The van der Waals surface area contributed by atoms with E-state index < -0.39 is 5.82 Å². The van der Waals surface area contributed by atoms with E-state index in [9.17, 15) is 9.18 Å². The van der Waals surface area contributed by atoms with Gasteiger partial charge in [0.2, 0.25) is 5.91 Å². The van der Waals surface area contributed by atoms with Crippen LogP contribution >= 0.6 is 0 Å². The third-order valence-electron chi connectivity index (χ3n) is 7.20.